The van der Waals surface area contributed by atoms with Gasteiger partial charge in [-0.2, -0.15) is 4.31 Å². The number of fused-ring (bicyclic) bond motifs is 3. The molecule has 0 saturated carbocycles. The number of carboxylic acids is 1. The van der Waals surface area contributed by atoms with Gasteiger partial charge >= 0.3 is 5.97 Å². The van der Waals surface area contributed by atoms with E-state index < -0.39 is 44.6 Å². The zero-order chi connectivity index (χ0) is 43.5. The molecular weight excluding hydrogens is 932 g/mol. The molecule has 0 radical (unpaired) electrons. The molecule has 1 unspecified atom stereocenters. The highest BCUT2D eigenvalue weighted by molar-refractivity contribution is 14.1. The predicted octanol–water partition coefficient (Wildman–Crippen LogP) is 9.74. The molecule has 4 atom stereocenters. The number of ether oxygens (including phenoxy) is 3. The number of likely N-dealkylation sites (tertiary alicyclic amines) is 1. The average Bonchev–Trinajstić information content (AvgIpc) is 3.66. The van der Waals surface area contributed by atoms with E-state index in [1.807, 2.05) is 53.4 Å². The van der Waals surface area contributed by atoms with E-state index in [2.05, 4.69) is 33.6 Å². The van der Waals surface area contributed by atoms with Crippen LogP contribution in [-0.2, 0) is 46.5 Å². The van der Waals surface area contributed by atoms with Gasteiger partial charge in [0.1, 0.15) is 29.7 Å². The smallest absolute Gasteiger partial charge is 0.328 e. The van der Waals surface area contributed by atoms with Crippen molar-refractivity contribution in [1.29, 1.82) is 0 Å². The third-order valence-corrected chi connectivity index (χ3v) is 16.0. The monoisotopic (exact) mass is 985 g/mol. The minimum atomic E-state index is -3.97. The molecule has 3 heterocycles. The Kier molecular flexibility index (Phi) is 14.2. The normalized spacial score (nSPS) is 19.7. The number of anilines is 1. The number of carboxylic acid groups (broad SMARTS) is 1. The van der Waals surface area contributed by atoms with Gasteiger partial charge in [-0.25, -0.2) is 12.8 Å². The number of nitrogens with zero attached hydrogens (tertiary/aromatic N) is 3. The Labute approximate surface area is 377 Å². The Bertz CT molecular complexity index is 2300. The molecule has 7 rings (SSSR count). The molecule has 1 saturated heterocycles. The van der Waals surface area contributed by atoms with Crippen LogP contribution < -0.4 is 19.1 Å². The first-order valence-electron chi connectivity index (χ1n) is 20.8. The Balaban J connectivity index is 1.20. The lowest BCUT2D eigenvalue weighted by atomic mass is 9.80. The molecule has 1 N–H and O–H groups in total. The second-order valence-electron chi connectivity index (χ2n) is 16.5. The summed E-state index contributed by atoms with van der Waals surface area (Å²) in [6.07, 6.45) is 5.18. The maximum absolute atomic E-state index is 17.0. The lowest BCUT2D eigenvalue weighted by molar-refractivity contribution is -0.144. The van der Waals surface area contributed by atoms with Gasteiger partial charge in [0, 0.05) is 41.3 Å². The minimum Gasteiger partial charge on any atom is -0.497 e. The molecular formula is C47H54ClFIN3O7S. The quantitative estimate of drug-likeness (QED) is 0.124. The van der Waals surface area contributed by atoms with Crippen molar-refractivity contribution in [1.82, 2.24) is 9.21 Å². The molecule has 0 aromatic heterocycles. The second-order valence-corrected chi connectivity index (χ2v) is 20.4. The van der Waals surface area contributed by atoms with Gasteiger partial charge in [0.05, 0.1) is 30.7 Å². The molecule has 10 nitrogen and oxygen atoms in total. The first kappa shape index (κ1) is 45.1. The molecule has 1 spiro atoms. The van der Waals surface area contributed by atoms with Crippen molar-refractivity contribution in [3.05, 3.63) is 127 Å². The second kappa shape index (κ2) is 19.2. The molecule has 0 aliphatic carbocycles. The summed E-state index contributed by atoms with van der Waals surface area (Å²) in [5.74, 6) is -0.613. The Morgan fingerprint density at radius 3 is 2.25 bits per heavy atom. The number of benzene rings is 4. The van der Waals surface area contributed by atoms with Gasteiger partial charge in [-0.05, 0) is 156 Å². The fourth-order valence-corrected chi connectivity index (χ4v) is 11.7. The Hall–Kier alpha value is -3.89. The van der Waals surface area contributed by atoms with E-state index in [9.17, 15) is 18.3 Å². The molecule has 4 bridgehead atoms. The van der Waals surface area contributed by atoms with Crippen molar-refractivity contribution in [3.8, 4) is 17.2 Å². The summed E-state index contributed by atoms with van der Waals surface area (Å²) in [5.41, 5.74) is 4.49. The van der Waals surface area contributed by atoms with Gasteiger partial charge in [-0.1, -0.05) is 48.9 Å². The number of carbonyl (C=O) groups is 1. The van der Waals surface area contributed by atoms with Crippen LogP contribution in [0.4, 0.5) is 10.1 Å². The molecule has 4 aromatic rings. The third-order valence-electron chi connectivity index (χ3n) is 12.7. The third kappa shape index (κ3) is 9.70. The van der Waals surface area contributed by atoms with Crippen molar-refractivity contribution in [2.45, 2.75) is 88.9 Å². The molecule has 14 heteroatoms. The number of rotatable bonds is 14. The van der Waals surface area contributed by atoms with Crippen LogP contribution in [0.2, 0.25) is 5.02 Å². The zero-order valence-corrected chi connectivity index (χ0v) is 38.8. The van der Waals surface area contributed by atoms with Gasteiger partial charge in [-0.15, -0.1) is 0 Å². The van der Waals surface area contributed by atoms with Gasteiger partial charge < -0.3 is 24.2 Å². The molecule has 0 amide bonds. The summed E-state index contributed by atoms with van der Waals surface area (Å²) in [6.45, 7) is 5.37. The summed E-state index contributed by atoms with van der Waals surface area (Å²) in [5, 5.41) is 10.6. The lowest BCUT2D eigenvalue weighted by Crippen LogP contribution is -2.56. The molecule has 326 valence electrons. The lowest BCUT2D eigenvalue weighted by Gasteiger charge is -2.46. The van der Waals surface area contributed by atoms with Gasteiger partial charge in [0.25, 0.3) is 0 Å². The number of hydrogen-bond donors (Lipinski definition) is 1. The number of sulfonamides is 1. The van der Waals surface area contributed by atoms with E-state index in [0.29, 0.717) is 49.0 Å². The van der Waals surface area contributed by atoms with E-state index in [1.54, 1.807) is 52.3 Å². The first-order valence-corrected chi connectivity index (χ1v) is 23.8. The van der Waals surface area contributed by atoms with Gasteiger partial charge in [-0.3, -0.25) is 9.69 Å². The molecule has 3 aliphatic heterocycles. The van der Waals surface area contributed by atoms with Crippen molar-refractivity contribution in [2.75, 3.05) is 38.8 Å². The highest BCUT2D eigenvalue weighted by Crippen LogP contribution is 2.49. The largest absolute Gasteiger partial charge is 0.497 e. The van der Waals surface area contributed by atoms with Crippen molar-refractivity contribution >= 4 is 55.9 Å². The number of methoxy groups -OCH3 is 2. The van der Waals surface area contributed by atoms with Crippen molar-refractivity contribution < 1.29 is 36.9 Å². The Morgan fingerprint density at radius 1 is 0.967 bits per heavy atom. The number of aryl methyl sites for hydroxylation is 1. The van der Waals surface area contributed by atoms with Crippen LogP contribution in [0.1, 0.15) is 73.8 Å². The van der Waals surface area contributed by atoms with E-state index in [1.165, 1.54) is 10.4 Å². The number of hydrogen-bond acceptors (Lipinski definition) is 8. The van der Waals surface area contributed by atoms with Crippen LogP contribution in [0, 0.1) is 9.49 Å². The number of halogens is 3. The Morgan fingerprint density at radius 2 is 1.62 bits per heavy atom. The highest BCUT2D eigenvalue weighted by atomic mass is 127. The standard InChI is InChI=1S/C47H54ClFIN3O7S/c1-31(32(2)61(56,57)52(27-33-10-15-38(58-3)16-11-33)28-34-12-17-39(59-4)18-13-34)9-19-42(49)45(46(54)55)53-23-7-21-47(53)30-51-22-6-5-8-35-24-36(48)25-41(47)40(35)29-60-44-20-14-37(50)26-43(44)51/h10-20,24-26,31-32,45H,5-9,21-23,27-30H2,1-4H3,(H,54,55)/b42-19-/t31-,32+,45?,47-/m0/s1. The maximum atomic E-state index is 17.0. The summed E-state index contributed by atoms with van der Waals surface area (Å²) in [6, 6.07) is 22.9. The molecule has 61 heavy (non-hydrogen) atoms. The topological polar surface area (TPSA) is 109 Å². The SMILES string of the molecule is COc1ccc(CN(Cc2ccc(OC)cc2)S(=O)(=O)[C@H](C)[C@@H](C)C/C=C(\F)C(C(=O)O)N2CCC[C@@]23CN2CCCCc4cc(Cl)cc3c4COc3ccc(I)cc32)cc1. The fraction of sp³-hybridized carbons (Fsp3) is 0.426. The zero-order valence-electron chi connectivity index (χ0n) is 35.1. The van der Waals surface area contributed by atoms with E-state index >= 15 is 4.39 Å². The average molecular weight is 986 g/mol. The molecule has 4 aromatic carbocycles. The van der Waals surface area contributed by atoms with Crippen molar-refractivity contribution in [3.63, 3.8) is 0 Å². The number of allylic oxidation sites excluding steroid dienone is 1. The van der Waals surface area contributed by atoms with Gasteiger partial charge in [0.15, 0.2) is 6.04 Å². The first-order chi connectivity index (χ1) is 29.2. The van der Waals surface area contributed by atoms with Crippen LogP contribution in [-0.4, -0.2) is 73.8 Å². The van der Waals surface area contributed by atoms with E-state index in [4.69, 9.17) is 25.8 Å². The van der Waals surface area contributed by atoms with Crippen LogP contribution in [0.3, 0.4) is 0 Å². The van der Waals surface area contributed by atoms with Crippen LogP contribution in [0.5, 0.6) is 17.2 Å². The van der Waals surface area contributed by atoms with Gasteiger partial charge in [0.2, 0.25) is 10.0 Å². The summed E-state index contributed by atoms with van der Waals surface area (Å²) >= 11 is 9.18. The fourth-order valence-electron chi connectivity index (χ4n) is 9.19. The summed E-state index contributed by atoms with van der Waals surface area (Å²) in [7, 11) is -0.825. The highest BCUT2D eigenvalue weighted by Gasteiger charge is 2.52. The minimum absolute atomic E-state index is 0.00804. The van der Waals surface area contributed by atoms with E-state index in [0.717, 1.165) is 62.1 Å². The summed E-state index contributed by atoms with van der Waals surface area (Å²) in [4.78, 5) is 17.5. The molecule has 1 fully saturated rings. The van der Waals surface area contributed by atoms with Crippen molar-refractivity contribution in [2.24, 2.45) is 5.92 Å². The van der Waals surface area contributed by atoms with E-state index in [-0.39, 0.29) is 26.1 Å². The molecule has 3 aliphatic rings. The predicted molar refractivity (Wildman–Crippen MR) is 246 cm³/mol. The van der Waals surface area contributed by atoms with Crippen LogP contribution in [0.25, 0.3) is 0 Å². The van der Waals surface area contributed by atoms with Crippen LogP contribution >= 0.6 is 34.2 Å². The number of aliphatic carboxylic acids is 1. The maximum Gasteiger partial charge on any atom is 0.328 e. The summed E-state index contributed by atoms with van der Waals surface area (Å²) < 4.78 is 65.7. The van der Waals surface area contributed by atoms with Crippen LogP contribution in [0.15, 0.2) is 90.8 Å².